The lowest BCUT2D eigenvalue weighted by Crippen LogP contribution is -2.30. The molecule has 1 aromatic carbocycles. The van der Waals surface area contributed by atoms with E-state index in [9.17, 15) is 4.79 Å². The van der Waals surface area contributed by atoms with Crippen molar-refractivity contribution in [3.8, 4) is 0 Å². The predicted molar refractivity (Wildman–Crippen MR) is 77.3 cm³/mol. The summed E-state index contributed by atoms with van der Waals surface area (Å²) in [5.74, 6) is 1.56. The van der Waals surface area contributed by atoms with E-state index in [0.29, 0.717) is 12.2 Å². The minimum absolute atomic E-state index is 0.112. The van der Waals surface area contributed by atoms with Crippen molar-refractivity contribution in [2.45, 2.75) is 50.2 Å². The van der Waals surface area contributed by atoms with Crippen LogP contribution in [0.15, 0.2) is 18.2 Å². The van der Waals surface area contributed by atoms with Crippen molar-refractivity contribution < 1.29 is 4.79 Å². The van der Waals surface area contributed by atoms with Crippen LogP contribution in [0.2, 0.25) is 0 Å². The molecule has 2 heteroatoms. The van der Waals surface area contributed by atoms with Gasteiger partial charge in [-0.1, -0.05) is 18.2 Å². The average molecular weight is 260 g/mol. The maximum absolute atomic E-state index is 12.4. The fourth-order valence-electron chi connectivity index (χ4n) is 3.11. The normalized spacial score (nSPS) is 26.3. The SMILES string of the molecule is CC1(C(=O)Cc2ccc3c(c2)CCC3)CCCS1. The highest BCUT2D eigenvalue weighted by Crippen LogP contribution is 2.39. The third-order valence-electron chi connectivity index (χ3n) is 4.34. The number of Topliss-reactive ketones (excluding diaryl/α,β-unsaturated/α-hetero) is 1. The Labute approximate surface area is 113 Å². The molecular weight excluding hydrogens is 240 g/mol. The second-order valence-corrected chi connectivity index (χ2v) is 7.34. The van der Waals surface area contributed by atoms with Crippen LogP contribution in [-0.2, 0) is 24.1 Å². The van der Waals surface area contributed by atoms with Gasteiger partial charge in [0.25, 0.3) is 0 Å². The second-order valence-electron chi connectivity index (χ2n) is 5.74. The summed E-state index contributed by atoms with van der Waals surface area (Å²) in [5.41, 5.74) is 4.19. The van der Waals surface area contributed by atoms with E-state index in [1.165, 1.54) is 42.4 Å². The summed E-state index contributed by atoms with van der Waals surface area (Å²) in [4.78, 5) is 12.4. The monoisotopic (exact) mass is 260 g/mol. The van der Waals surface area contributed by atoms with Crippen molar-refractivity contribution in [2.75, 3.05) is 5.75 Å². The molecule has 0 bridgehead atoms. The van der Waals surface area contributed by atoms with Gasteiger partial charge >= 0.3 is 0 Å². The minimum Gasteiger partial charge on any atom is -0.298 e. The van der Waals surface area contributed by atoms with Crippen LogP contribution in [0.25, 0.3) is 0 Å². The van der Waals surface area contributed by atoms with Gasteiger partial charge in [-0.05, 0) is 61.5 Å². The molecule has 0 spiro atoms. The molecule has 0 amide bonds. The molecule has 1 aliphatic heterocycles. The molecule has 0 N–H and O–H groups in total. The summed E-state index contributed by atoms with van der Waals surface area (Å²) < 4.78 is -0.112. The zero-order valence-electron chi connectivity index (χ0n) is 11.0. The Morgan fingerprint density at radius 2 is 2.11 bits per heavy atom. The largest absolute Gasteiger partial charge is 0.298 e. The third kappa shape index (κ3) is 2.23. The number of aryl methyl sites for hydroxylation is 2. The van der Waals surface area contributed by atoms with E-state index in [0.717, 1.165) is 12.2 Å². The van der Waals surface area contributed by atoms with Gasteiger partial charge in [0.05, 0.1) is 4.75 Å². The molecule has 1 heterocycles. The van der Waals surface area contributed by atoms with E-state index in [1.54, 1.807) is 0 Å². The number of ketones is 1. The summed E-state index contributed by atoms with van der Waals surface area (Å²) in [6, 6.07) is 6.66. The molecule has 96 valence electrons. The fraction of sp³-hybridized carbons (Fsp3) is 0.562. The minimum atomic E-state index is -0.112. The topological polar surface area (TPSA) is 17.1 Å². The number of fused-ring (bicyclic) bond motifs is 1. The quantitative estimate of drug-likeness (QED) is 0.826. The number of hydrogen-bond donors (Lipinski definition) is 0. The van der Waals surface area contributed by atoms with Crippen LogP contribution in [0.1, 0.15) is 42.9 Å². The fourth-order valence-corrected chi connectivity index (χ4v) is 4.37. The van der Waals surface area contributed by atoms with Crippen LogP contribution in [0.3, 0.4) is 0 Å². The highest BCUT2D eigenvalue weighted by Gasteiger charge is 2.36. The zero-order chi connectivity index (χ0) is 12.6. The van der Waals surface area contributed by atoms with Gasteiger partial charge in [-0.15, -0.1) is 11.8 Å². The second kappa shape index (κ2) is 4.73. The smallest absolute Gasteiger partial charge is 0.152 e. The third-order valence-corrected chi connectivity index (χ3v) is 5.90. The first kappa shape index (κ1) is 12.3. The molecule has 1 saturated heterocycles. The molecule has 1 aromatic rings. The number of hydrogen-bond acceptors (Lipinski definition) is 2. The van der Waals surface area contributed by atoms with Crippen LogP contribution in [0.4, 0.5) is 0 Å². The number of benzene rings is 1. The molecule has 0 radical (unpaired) electrons. The van der Waals surface area contributed by atoms with Gasteiger partial charge in [0, 0.05) is 6.42 Å². The van der Waals surface area contributed by atoms with E-state index in [1.807, 2.05) is 11.8 Å². The van der Waals surface area contributed by atoms with Crippen molar-refractivity contribution in [1.29, 1.82) is 0 Å². The maximum atomic E-state index is 12.4. The molecule has 0 aromatic heterocycles. The Hall–Kier alpha value is -0.760. The van der Waals surface area contributed by atoms with Crippen molar-refractivity contribution in [3.63, 3.8) is 0 Å². The van der Waals surface area contributed by atoms with Gasteiger partial charge in [-0.2, -0.15) is 0 Å². The molecular formula is C16H20OS. The lowest BCUT2D eigenvalue weighted by Gasteiger charge is -2.21. The predicted octanol–water partition coefficient (Wildman–Crippen LogP) is 3.57. The van der Waals surface area contributed by atoms with E-state index < -0.39 is 0 Å². The first-order valence-electron chi connectivity index (χ1n) is 6.95. The van der Waals surface area contributed by atoms with E-state index in [2.05, 4.69) is 25.1 Å². The lowest BCUT2D eigenvalue weighted by atomic mass is 9.94. The van der Waals surface area contributed by atoms with Crippen molar-refractivity contribution in [3.05, 3.63) is 34.9 Å². The Balaban J connectivity index is 1.74. The summed E-state index contributed by atoms with van der Waals surface area (Å²) in [6.07, 6.45) is 6.57. The van der Waals surface area contributed by atoms with E-state index in [-0.39, 0.29) is 4.75 Å². The molecule has 3 rings (SSSR count). The van der Waals surface area contributed by atoms with E-state index in [4.69, 9.17) is 0 Å². The van der Waals surface area contributed by atoms with Crippen LogP contribution < -0.4 is 0 Å². The van der Waals surface area contributed by atoms with Crippen molar-refractivity contribution in [2.24, 2.45) is 0 Å². The summed E-state index contributed by atoms with van der Waals surface area (Å²) in [7, 11) is 0. The molecule has 1 atom stereocenters. The number of carbonyl (C=O) groups is 1. The highest BCUT2D eigenvalue weighted by atomic mass is 32.2. The molecule has 2 aliphatic rings. The Morgan fingerprint density at radius 3 is 2.89 bits per heavy atom. The van der Waals surface area contributed by atoms with Crippen LogP contribution in [0.5, 0.6) is 0 Å². The standard InChI is InChI=1S/C16H20OS/c1-16(8-3-9-18-16)15(17)11-12-6-7-13-4-2-5-14(13)10-12/h6-7,10H,2-5,8-9,11H2,1H3. The Bertz CT molecular complexity index is 472. The molecule has 1 nitrogen and oxygen atoms in total. The van der Waals surface area contributed by atoms with Gasteiger partial charge in [-0.25, -0.2) is 0 Å². The van der Waals surface area contributed by atoms with Gasteiger partial charge in [0.15, 0.2) is 5.78 Å². The van der Waals surface area contributed by atoms with Crippen molar-refractivity contribution >= 4 is 17.5 Å². The van der Waals surface area contributed by atoms with E-state index >= 15 is 0 Å². The van der Waals surface area contributed by atoms with Crippen LogP contribution in [0, 0.1) is 0 Å². The molecule has 1 fully saturated rings. The Morgan fingerprint density at radius 1 is 1.28 bits per heavy atom. The summed E-state index contributed by atoms with van der Waals surface area (Å²) >= 11 is 1.85. The number of thioether (sulfide) groups is 1. The van der Waals surface area contributed by atoms with Crippen molar-refractivity contribution in [1.82, 2.24) is 0 Å². The molecule has 1 aliphatic carbocycles. The number of rotatable bonds is 3. The zero-order valence-corrected chi connectivity index (χ0v) is 11.8. The van der Waals surface area contributed by atoms with Gasteiger partial charge < -0.3 is 0 Å². The summed E-state index contributed by atoms with van der Waals surface area (Å²) in [5, 5.41) is 0. The van der Waals surface area contributed by atoms with Crippen LogP contribution in [-0.4, -0.2) is 16.3 Å². The van der Waals surface area contributed by atoms with Gasteiger partial charge in [-0.3, -0.25) is 4.79 Å². The maximum Gasteiger partial charge on any atom is 0.152 e. The molecule has 0 saturated carbocycles. The Kier molecular flexibility index (Phi) is 3.23. The van der Waals surface area contributed by atoms with Gasteiger partial charge in [0.2, 0.25) is 0 Å². The van der Waals surface area contributed by atoms with Gasteiger partial charge in [0.1, 0.15) is 0 Å². The van der Waals surface area contributed by atoms with Crippen LogP contribution >= 0.6 is 11.8 Å². The molecule has 1 unspecified atom stereocenters. The lowest BCUT2D eigenvalue weighted by molar-refractivity contribution is -0.120. The first-order chi connectivity index (χ1) is 8.67. The molecule has 18 heavy (non-hydrogen) atoms. The number of carbonyl (C=O) groups excluding carboxylic acids is 1. The highest BCUT2D eigenvalue weighted by molar-refractivity contribution is 8.01. The summed E-state index contributed by atoms with van der Waals surface area (Å²) in [6.45, 7) is 2.13. The first-order valence-corrected chi connectivity index (χ1v) is 7.94. The average Bonchev–Trinajstić information content (AvgIpc) is 2.98.